The summed E-state index contributed by atoms with van der Waals surface area (Å²) >= 11 is 0. The van der Waals surface area contributed by atoms with Crippen LogP contribution in [0, 0.1) is 0 Å². The van der Waals surface area contributed by atoms with Crippen molar-refractivity contribution in [2.45, 2.75) is 6.04 Å². The number of aliphatic imine (C=N–C) groups is 2. The fraction of sp³-hybridized carbons (Fsp3) is 0.0227. The molecule has 232 valence electrons. The molecule has 0 spiro atoms. The van der Waals surface area contributed by atoms with E-state index in [1.807, 2.05) is 91.0 Å². The predicted molar refractivity (Wildman–Crippen MR) is 198 cm³/mol. The first kappa shape index (κ1) is 28.6. The number of fused-ring (bicyclic) bond motifs is 6. The van der Waals surface area contributed by atoms with Gasteiger partial charge < -0.3 is 10.3 Å². The Bertz CT molecular complexity index is 2490. The highest BCUT2D eigenvalue weighted by Gasteiger charge is 2.34. The number of carbonyl (C=O) groups excluding carboxylic acids is 1. The van der Waals surface area contributed by atoms with Gasteiger partial charge in [0.2, 0.25) is 0 Å². The van der Waals surface area contributed by atoms with Crippen LogP contribution < -0.4 is 16.0 Å². The standard InChI is InChI=1S/C44H30N4O/c49-39-27-38-42(30-17-9-3-10-18-30)36-24-23-34(46-36)40(28-13-5-1-6-14-28)32-21-22-33(45-32)41(29-15-7-2-8-16-29)35-25-26-37(47-35)43(44(39)48-38)31-19-11-4-12-20-31/h1-27,44-45,48H/b40-32-,41-33-,42-36-,43-37-. The van der Waals surface area contributed by atoms with E-state index in [2.05, 4.69) is 77.1 Å². The van der Waals surface area contributed by atoms with Gasteiger partial charge in [-0.3, -0.25) is 4.79 Å². The van der Waals surface area contributed by atoms with Gasteiger partial charge in [-0.05, 0) is 58.7 Å². The number of hydrogen-bond acceptors (Lipinski definition) is 4. The quantitative estimate of drug-likeness (QED) is 0.232. The summed E-state index contributed by atoms with van der Waals surface area (Å²) < 4.78 is 0. The molecule has 1 aromatic heterocycles. The molecule has 5 nitrogen and oxygen atoms in total. The summed E-state index contributed by atoms with van der Waals surface area (Å²) in [4.78, 5) is 28.4. The fourth-order valence-electron chi connectivity index (χ4n) is 7.05. The molecular weight excluding hydrogens is 601 g/mol. The Morgan fingerprint density at radius 1 is 0.469 bits per heavy atom. The Hall–Kier alpha value is -6.59. The molecule has 0 aliphatic carbocycles. The maximum atomic E-state index is 14.1. The third kappa shape index (κ3) is 5.09. The van der Waals surface area contributed by atoms with Crippen molar-refractivity contribution in [3.8, 4) is 0 Å². The van der Waals surface area contributed by atoms with Crippen LogP contribution >= 0.6 is 0 Å². The zero-order valence-corrected chi connectivity index (χ0v) is 26.5. The second-order valence-electron chi connectivity index (χ2n) is 12.3. The molecule has 1 unspecified atom stereocenters. The highest BCUT2D eigenvalue weighted by atomic mass is 16.1. The topological polar surface area (TPSA) is 69.6 Å². The van der Waals surface area contributed by atoms with Gasteiger partial charge in [0, 0.05) is 44.8 Å². The molecule has 0 radical (unpaired) electrons. The average molecular weight is 631 g/mol. The molecule has 0 amide bonds. The number of carbonyl (C=O) groups is 1. The maximum Gasteiger partial charge on any atom is 0.184 e. The van der Waals surface area contributed by atoms with Crippen molar-refractivity contribution in [2.75, 3.05) is 0 Å². The van der Waals surface area contributed by atoms with Crippen LogP contribution in [-0.2, 0) is 4.79 Å². The molecule has 9 rings (SSSR count). The van der Waals surface area contributed by atoms with Crippen molar-refractivity contribution in [3.63, 3.8) is 0 Å². The van der Waals surface area contributed by atoms with Crippen molar-refractivity contribution in [1.82, 2.24) is 10.3 Å². The van der Waals surface area contributed by atoms with Crippen LogP contribution in [0.3, 0.4) is 0 Å². The van der Waals surface area contributed by atoms with Gasteiger partial charge in [-0.2, -0.15) is 0 Å². The number of nitrogens with zero attached hydrogens (tertiary/aromatic N) is 2. The fourth-order valence-corrected chi connectivity index (χ4v) is 7.05. The summed E-state index contributed by atoms with van der Waals surface area (Å²) in [5, 5.41) is 5.53. The molecule has 0 saturated heterocycles. The summed E-state index contributed by atoms with van der Waals surface area (Å²) in [6, 6.07) is 44.5. The molecule has 4 aromatic carbocycles. The number of H-pyrrole nitrogens is 1. The van der Waals surface area contributed by atoms with Gasteiger partial charge in [0.15, 0.2) is 5.78 Å². The second-order valence-corrected chi connectivity index (χ2v) is 12.3. The first-order valence-electron chi connectivity index (χ1n) is 16.4. The van der Waals surface area contributed by atoms with E-state index in [0.29, 0.717) is 0 Å². The number of benzene rings is 4. The molecule has 8 bridgehead atoms. The number of aromatic amines is 1. The largest absolute Gasteiger partial charge is 0.371 e. The minimum Gasteiger partial charge on any atom is -0.371 e. The van der Waals surface area contributed by atoms with E-state index in [4.69, 9.17) is 9.98 Å². The van der Waals surface area contributed by atoms with Crippen molar-refractivity contribution in [3.05, 3.63) is 214 Å². The van der Waals surface area contributed by atoms with Gasteiger partial charge in [-0.25, -0.2) is 9.98 Å². The lowest BCUT2D eigenvalue weighted by molar-refractivity contribution is -0.114. The van der Waals surface area contributed by atoms with Crippen molar-refractivity contribution in [1.29, 1.82) is 0 Å². The molecule has 2 N–H and O–H groups in total. The summed E-state index contributed by atoms with van der Waals surface area (Å²) in [5.74, 6) is -0.0275. The molecule has 1 atom stereocenters. The zero-order chi connectivity index (χ0) is 32.7. The van der Waals surface area contributed by atoms with E-state index in [1.165, 1.54) is 0 Å². The second kappa shape index (κ2) is 11.9. The third-order valence-corrected chi connectivity index (χ3v) is 9.25. The first-order valence-corrected chi connectivity index (χ1v) is 16.4. The predicted octanol–water partition coefficient (Wildman–Crippen LogP) is 6.70. The van der Waals surface area contributed by atoms with Crippen molar-refractivity contribution in [2.24, 2.45) is 9.98 Å². The Morgan fingerprint density at radius 2 is 0.918 bits per heavy atom. The van der Waals surface area contributed by atoms with E-state index in [0.717, 1.165) is 83.8 Å². The number of aromatic nitrogens is 1. The molecule has 4 aliphatic rings. The maximum absolute atomic E-state index is 14.1. The molecule has 4 aliphatic heterocycles. The van der Waals surface area contributed by atoms with Crippen LogP contribution in [0.25, 0.3) is 22.3 Å². The van der Waals surface area contributed by atoms with Gasteiger partial charge >= 0.3 is 0 Å². The number of ketones is 1. The highest BCUT2D eigenvalue weighted by Crippen LogP contribution is 2.37. The van der Waals surface area contributed by atoms with Gasteiger partial charge in [-0.15, -0.1) is 0 Å². The lowest BCUT2D eigenvalue weighted by atomic mass is 9.94. The summed E-state index contributed by atoms with van der Waals surface area (Å²) in [5.41, 5.74) is 11.6. The van der Waals surface area contributed by atoms with Gasteiger partial charge in [0.25, 0.3) is 0 Å². The SMILES string of the molecule is O=C1C=C2NC1/C(c1ccccc1)=C1/C=CC(=N1)/C(c1ccccc1)=c1/cc/c([nH]1)=C(\c1ccccc1)C1=N/C(=C\2c2ccccc2)C=C1. The van der Waals surface area contributed by atoms with Gasteiger partial charge in [-0.1, -0.05) is 121 Å². The first-order chi connectivity index (χ1) is 24.2. The molecular formula is C44H30N4O. The molecule has 5 aromatic rings. The highest BCUT2D eigenvalue weighted by molar-refractivity contribution is 6.32. The van der Waals surface area contributed by atoms with Gasteiger partial charge in [0.1, 0.15) is 6.04 Å². The normalized spacial score (nSPS) is 23.3. The van der Waals surface area contributed by atoms with E-state index in [-0.39, 0.29) is 5.78 Å². The van der Waals surface area contributed by atoms with E-state index >= 15 is 0 Å². The molecule has 49 heavy (non-hydrogen) atoms. The zero-order valence-electron chi connectivity index (χ0n) is 26.5. The molecule has 0 saturated carbocycles. The van der Waals surface area contributed by atoms with Gasteiger partial charge in [0.05, 0.1) is 22.8 Å². The third-order valence-electron chi connectivity index (χ3n) is 9.25. The smallest absolute Gasteiger partial charge is 0.184 e. The van der Waals surface area contributed by atoms with Crippen LogP contribution in [0.5, 0.6) is 0 Å². The Labute approximate surface area is 283 Å². The lowest BCUT2D eigenvalue weighted by Crippen LogP contribution is -2.31. The molecule has 5 heteroatoms. The minimum atomic E-state index is -0.634. The lowest BCUT2D eigenvalue weighted by Gasteiger charge is -2.20. The minimum absolute atomic E-state index is 0.0275. The molecule has 5 heterocycles. The summed E-state index contributed by atoms with van der Waals surface area (Å²) in [7, 11) is 0. The molecule has 0 fully saturated rings. The number of allylic oxidation sites excluding steroid dienone is 5. The van der Waals surface area contributed by atoms with Crippen LogP contribution in [0.1, 0.15) is 22.3 Å². The van der Waals surface area contributed by atoms with E-state index < -0.39 is 6.04 Å². The van der Waals surface area contributed by atoms with E-state index in [9.17, 15) is 4.79 Å². The number of nitrogens with one attached hydrogen (secondary N) is 2. The van der Waals surface area contributed by atoms with Crippen molar-refractivity contribution >= 4 is 39.5 Å². The monoisotopic (exact) mass is 630 g/mol. The Kier molecular flexibility index (Phi) is 6.95. The summed E-state index contributed by atoms with van der Waals surface area (Å²) in [6.07, 6.45) is 9.94. The van der Waals surface area contributed by atoms with E-state index in [1.54, 1.807) is 6.08 Å². The summed E-state index contributed by atoms with van der Waals surface area (Å²) in [6.45, 7) is 0. The van der Waals surface area contributed by atoms with Crippen LogP contribution in [0.15, 0.2) is 191 Å². The van der Waals surface area contributed by atoms with Crippen LogP contribution in [0.4, 0.5) is 0 Å². The number of hydrogen-bond donors (Lipinski definition) is 2. The van der Waals surface area contributed by atoms with Crippen LogP contribution in [0.2, 0.25) is 0 Å². The Morgan fingerprint density at radius 3 is 1.45 bits per heavy atom. The average Bonchev–Trinajstić information content (AvgIpc) is 3.98. The number of rotatable bonds is 4. The van der Waals surface area contributed by atoms with Crippen molar-refractivity contribution < 1.29 is 4.79 Å². The Balaban J connectivity index is 1.40. The van der Waals surface area contributed by atoms with Crippen LogP contribution in [-0.4, -0.2) is 28.2 Å².